The van der Waals surface area contributed by atoms with Crippen molar-refractivity contribution in [2.45, 2.75) is 38.1 Å². The van der Waals surface area contributed by atoms with Gasteiger partial charge in [0, 0.05) is 25.0 Å². The molecule has 1 fully saturated rings. The van der Waals surface area contributed by atoms with Gasteiger partial charge in [-0.25, -0.2) is 9.37 Å². The monoisotopic (exact) mass is 367 g/mol. The summed E-state index contributed by atoms with van der Waals surface area (Å²) < 4.78 is 14.8. The third kappa shape index (κ3) is 3.63. The highest BCUT2D eigenvalue weighted by molar-refractivity contribution is 6.12. The first kappa shape index (κ1) is 17.5. The highest BCUT2D eigenvalue weighted by Gasteiger charge is 2.21. The molecule has 140 valence electrons. The molecule has 0 unspecified atom stereocenters. The number of anilines is 2. The summed E-state index contributed by atoms with van der Waals surface area (Å²) in [5.41, 5.74) is 2.49. The number of carbonyl (C=O) groups excluding carboxylic acids is 1. The van der Waals surface area contributed by atoms with E-state index in [-0.39, 0.29) is 11.7 Å². The second-order valence-corrected chi connectivity index (χ2v) is 6.99. The molecule has 1 aliphatic carbocycles. The Balaban J connectivity index is 1.68. The van der Waals surface area contributed by atoms with Gasteiger partial charge in [-0.05, 0) is 37.1 Å². The first-order valence-corrected chi connectivity index (χ1v) is 9.26. The minimum atomic E-state index is -0.342. The number of rotatable bonds is 4. The molecular weight excluding hydrogens is 345 g/mol. The summed E-state index contributed by atoms with van der Waals surface area (Å²) in [7, 11) is 1.83. The average Bonchev–Trinajstić information content (AvgIpc) is 3.06. The summed E-state index contributed by atoms with van der Waals surface area (Å²) in [4.78, 5) is 17.3. The zero-order valence-electron chi connectivity index (χ0n) is 15.2. The summed E-state index contributed by atoms with van der Waals surface area (Å²) in [5.74, 6) is -0.621. The Morgan fingerprint density at radius 2 is 1.89 bits per heavy atom. The molecule has 0 aliphatic heterocycles. The molecule has 3 aromatic rings. The number of hydrogen-bond donors (Lipinski definition) is 2. The van der Waals surface area contributed by atoms with Gasteiger partial charge in [0.25, 0.3) is 5.91 Å². The van der Waals surface area contributed by atoms with E-state index in [2.05, 4.69) is 20.7 Å². The van der Waals surface area contributed by atoms with Crippen LogP contribution in [0.3, 0.4) is 0 Å². The van der Waals surface area contributed by atoms with E-state index in [0.29, 0.717) is 17.3 Å². The van der Waals surface area contributed by atoms with Crippen LogP contribution in [0.1, 0.15) is 42.5 Å². The van der Waals surface area contributed by atoms with Crippen LogP contribution >= 0.6 is 0 Å². The lowest BCUT2D eigenvalue weighted by Gasteiger charge is -2.25. The third-order valence-electron chi connectivity index (χ3n) is 5.06. The minimum absolute atomic E-state index is 0.279. The number of benzene rings is 1. The van der Waals surface area contributed by atoms with Crippen molar-refractivity contribution in [2.75, 3.05) is 10.6 Å². The number of nitrogens with one attached hydrogen (secondary N) is 2. The van der Waals surface area contributed by atoms with Gasteiger partial charge in [0.1, 0.15) is 5.82 Å². The molecule has 1 saturated carbocycles. The maximum atomic E-state index is 13.1. The van der Waals surface area contributed by atoms with E-state index in [9.17, 15) is 9.18 Å². The largest absolute Gasteiger partial charge is 0.381 e. The molecule has 1 amide bonds. The summed E-state index contributed by atoms with van der Waals surface area (Å²) in [5, 5.41) is 11.5. The molecular formula is C20H22FN5O. The summed E-state index contributed by atoms with van der Waals surface area (Å²) in [6, 6.07) is 6.05. The standard InChI is InChI=1S/C20H22FN5O/c1-26-19-16(12-23-26)18(24-14-5-3-2-4-6-14)17(11-22-19)20(27)25-15-9-7-13(21)8-10-15/h7-12,14H,2-6H2,1H3,(H,22,24)(H,25,27). The first-order valence-electron chi connectivity index (χ1n) is 9.26. The molecule has 0 bridgehead atoms. The van der Waals surface area contributed by atoms with Gasteiger partial charge in [-0.15, -0.1) is 0 Å². The van der Waals surface area contributed by atoms with Crippen LogP contribution in [0.2, 0.25) is 0 Å². The topological polar surface area (TPSA) is 71.8 Å². The smallest absolute Gasteiger partial charge is 0.259 e. The number of hydrogen-bond acceptors (Lipinski definition) is 4. The molecule has 0 radical (unpaired) electrons. The Morgan fingerprint density at radius 1 is 1.15 bits per heavy atom. The second-order valence-electron chi connectivity index (χ2n) is 6.99. The van der Waals surface area contributed by atoms with Crippen LogP contribution in [0.25, 0.3) is 11.0 Å². The maximum absolute atomic E-state index is 13.1. The average molecular weight is 367 g/mol. The number of amides is 1. The molecule has 1 aliphatic rings. The lowest BCUT2D eigenvalue weighted by molar-refractivity contribution is 0.102. The van der Waals surface area contributed by atoms with E-state index < -0.39 is 0 Å². The van der Waals surface area contributed by atoms with Crippen LogP contribution in [0.4, 0.5) is 15.8 Å². The number of aromatic nitrogens is 3. The predicted molar refractivity (Wildman–Crippen MR) is 103 cm³/mol. The fraction of sp³-hybridized carbons (Fsp3) is 0.350. The van der Waals surface area contributed by atoms with E-state index in [4.69, 9.17) is 0 Å². The summed E-state index contributed by atoms with van der Waals surface area (Å²) in [6.07, 6.45) is 9.13. The Kier molecular flexibility index (Phi) is 4.75. The van der Waals surface area contributed by atoms with Crippen LogP contribution in [-0.4, -0.2) is 26.7 Å². The van der Waals surface area contributed by atoms with Crippen LogP contribution in [0, 0.1) is 5.82 Å². The number of pyridine rings is 1. The van der Waals surface area contributed by atoms with Crippen molar-refractivity contribution in [3.63, 3.8) is 0 Å². The van der Waals surface area contributed by atoms with Crippen LogP contribution in [0.15, 0.2) is 36.7 Å². The number of halogens is 1. The second kappa shape index (κ2) is 7.34. The summed E-state index contributed by atoms with van der Waals surface area (Å²) >= 11 is 0. The molecule has 7 heteroatoms. The van der Waals surface area contributed by atoms with Crippen LogP contribution in [-0.2, 0) is 7.05 Å². The van der Waals surface area contributed by atoms with Crippen molar-refractivity contribution >= 4 is 28.3 Å². The highest BCUT2D eigenvalue weighted by Crippen LogP contribution is 2.30. The van der Waals surface area contributed by atoms with Gasteiger partial charge in [0.2, 0.25) is 0 Å². The van der Waals surface area contributed by atoms with Gasteiger partial charge in [-0.2, -0.15) is 5.10 Å². The predicted octanol–water partition coefficient (Wildman–Crippen LogP) is 4.10. The van der Waals surface area contributed by atoms with Crippen molar-refractivity contribution in [1.29, 1.82) is 0 Å². The van der Waals surface area contributed by atoms with E-state index in [1.54, 1.807) is 17.1 Å². The molecule has 27 heavy (non-hydrogen) atoms. The lowest BCUT2D eigenvalue weighted by Crippen LogP contribution is -2.25. The van der Waals surface area contributed by atoms with E-state index >= 15 is 0 Å². The molecule has 1 aromatic carbocycles. The van der Waals surface area contributed by atoms with Gasteiger partial charge in [-0.1, -0.05) is 19.3 Å². The highest BCUT2D eigenvalue weighted by atomic mass is 19.1. The maximum Gasteiger partial charge on any atom is 0.259 e. The molecule has 0 saturated heterocycles. The molecule has 0 spiro atoms. The zero-order valence-corrected chi connectivity index (χ0v) is 15.2. The minimum Gasteiger partial charge on any atom is -0.381 e. The Hall–Kier alpha value is -2.96. The molecule has 4 rings (SSSR count). The Bertz CT molecular complexity index is 960. The van der Waals surface area contributed by atoms with E-state index in [0.717, 1.165) is 29.6 Å². The van der Waals surface area contributed by atoms with Crippen LogP contribution < -0.4 is 10.6 Å². The molecule has 2 aromatic heterocycles. The molecule has 2 N–H and O–H groups in total. The fourth-order valence-corrected chi connectivity index (χ4v) is 3.61. The van der Waals surface area contributed by atoms with Gasteiger partial charge in [0.15, 0.2) is 5.65 Å². The van der Waals surface area contributed by atoms with Gasteiger partial charge >= 0.3 is 0 Å². The lowest BCUT2D eigenvalue weighted by atomic mass is 9.95. The first-order chi connectivity index (χ1) is 13.1. The van der Waals surface area contributed by atoms with Crippen molar-refractivity contribution in [3.05, 3.63) is 48.0 Å². The number of carbonyl (C=O) groups is 1. The van der Waals surface area contributed by atoms with E-state index in [1.807, 2.05) is 7.05 Å². The van der Waals surface area contributed by atoms with Crippen molar-refractivity contribution in [1.82, 2.24) is 14.8 Å². The molecule has 0 atom stereocenters. The van der Waals surface area contributed by atoms with Crippen LogP contribution in [0.5, 0.6) is 0 Å². The molecule has 6 nitrogen and oxygen atoms in total. The Morgan fingerprint density at radius 3 is 2.63 bits per heavy atom. The Labute approximate surface area is 156 Å². The molecule has 2 heterocycles. The van der Waals surface area contributed by atoms with Gasteiger partial charge < -0.3 is 10.6 Å². The number of fused-ring (bicyclic) bond motifs is 1. The van der Waals surface area contributed by atoms with Crippen molar-refractivity contribution < 1.29 is 9.18 Å². The van der Waals surface area contributed by atoms with E-state index in [1.165, 1.54) is 43.5 Å². The van der Waals surface area contributed by atoms with Crippen molar-refractivity contribution in [2.24, 2.45) is 7.05 Å². The fourth-order valence-electron chi connectivity index (χ4n) is 3.61. The summed E-state index contributed by atoms with van der Waals surface area (Å²) in [6.45, 7) is 0. The normalized spacial score (nSPS) is 15.0. The van der Waals surface area contributed by atoms with Gasteiger partial charge in [0.05, 0.1) is 22.8 Å². The number of nitrogens with zero attached hydrogens (tertiary/aromatic N) is 3. The SMILES string of the molecule is Cn1ncc2c(NC3CCCCC3)c(C(=O)Nc3ccc(F)cc3)cnc21. The van der Waals surface area contributed by atoms with Crippen molar-refractivity contribution in [3.8, 4) is 0 Å². The zero-order chi connectivity index (χ0) is 18.8. The third-order valence-corrected chi connectivity index (χ3v) is 5.06. The van der Waals surface area contributed by atoms with Gasteiger partial charge in [-0.3, -0.25) is 9.48 Å². The quantitative estimate of drug-likeness (QED) is 0.728. The number of aryl methyl sites for hydroxylation is 1.